The Morgan fingerprint density at radius 2 is 1.81 bits per heavy atom. The first-order valence-corrected chi connectivity index (χ1v) is 9.61. The van der Waals surface area contributed by atoms with Crippen molar-refractivity contribution < 1.29 is 9.90 Å². The molecule has 1 aliphatic rings. The van der Waals surface area contributed by atoms with Gasteiger partial charge in [0.05, 0.1) is 5.60 Å². The van der Waals surface area contributed by atoms with Gasteiger partial charge in [0.15, 0.2) is 0 Å². The van der Waals surface area contributed by atoms with E-state index in [1.54, 1.807) is 11.9 Å². The van der Waals surface area contributed by atoms with Crippen LogP contribution in [0, 0.1) is 6.92 Å². The van der Waals surface area contributed by atoms with Crippen LogP contribution in [0.25, 0.3) is 11.1 Å². The van der Waals surface area contributed by atoms with Crippen LogP contribution in [0.3, 0.4) is 0 Å². The molecular formula is C22H26ClNO2. The minimum absolute atomic E-state index is 0.0194. The Bertz CT molecular complexity index is 759. The van der Waals surface area contributed by atoms with E-state index < -0.39 is 5.60 Å². The van der Waals surface area contributed by atoms with Gasteiger partial charge in [-0.05, 0) is 55.5 Å². The fraction of sp³-hybridized carbons (Fsp3) is 0.409. The van der Waals surface area contributed by atoms with Gasteiger partial charge in [-0.3, -0.25) is 4.79 Å². The first-order valence-electron chi connectivity index (χ1n) is 9.23. The van der Waals surface area contributed by atoms with E-state index in [0.29, 0.717) is 23.6 Å². The van der Waals surface area contributed by atoms with E-state index >= 15 is 0 Å². The highest BCUT2D eigenvalue weighted by Crippen LogP contribution is 2.33. The summed E-state index contributed by atoms with van der Waals surface area (Å²) in [5.41, 5.74) is 3.19. The van der Waals surface area contributed by atoms with Crippen LogP contribution in [-0.2, 0) is 0 Å². The summed E-state index contributed by atoms with van der Waals surface area (Å²) >= 11 is 6.33. The predicted molar refractivity (Wildman–Crippen MR) is 107 cm³/mol. The first-order chi connectivity index (χ1) is 12.4. The van der Waals surface area contributed by atoms with Crippen molar-refractivity contribution in [1.29, 1.82) is 0 Å². The molecule has 0 spiro atoms. The maximum absolute atomic E-state index is 12.7. The molecule has 1 aliphatic carbocycles. The zero-order valence-corrected chi connectivity index (χ0v) is 16.2. The number of nitrogens with zero attached hydrogens (tertiary/aromatic N) is 1. The Hall–Kier alpha value is -1.84. The van der Waals surface area contributed by atoms with Crippen LogP contribution >= 0.6 is 11.6 Å². The smallest absolute Gasteiger partial charge is 0.253 e. The summed E-state index contributed by atoms with van der Waals surface area (Å²) in [5, 5.41) is 11.2. The highest BCUT2D eigenvalue weighted by atomic mass is 35.5. The van der Waals surface area contributed by atoms with Crippen LogP contribution in [0.2, 0.25) is 5.02 Å². The second-order valence-corrected chi connectivity index (χ2v) is 7.82. The van der Waals surface area contributed by atoms with Crippen molar-refractivity contribution in [3.8, 4) is 11.1 Å². The van der Waals surface area contributed by atoms with Gasteiger partial charge in [-0.25, -0.2) is 0 Å². The van der Waals surface area contributed by atoms with Gasteiger partial charge in [0.25, 0.3) is 5.91 Å². The number of carbonyl (C=O) groups is 1. The summed E-state index contributed by atoms with van der Waals surface area (Å²) in [7, 11) is 1.80. The summed E-state index contributed by atoms with van der Waals surface area (Å²) in [4.78, 5) is 14.4. The monoisotopic (exact) mass is 371 g/mol. The fourth-order valence-corrected chi connectivity index (χ4v) is 4.09. The van der Waals surface area contributed by atoms with E-state index in [1.807, 2.05) is 49.4 Å². The van der Waals surface area contributed by atoms with E-state index in [-0.39, 0.29) is 5.91 Å². The van der Waals surface area contributed by atoms with Gasteiger partial charge in [-0.1, -0.05) is 48.7 Å². The Labute approximate surface area is 160 Å². The number of carbonyl (C=O) groups excluding carboxylic acids is 1. The van der Waals surface area contributed by atoms with Crippen molar-refractivity contribution in [3.63, 3.8) is 0 Å². The zero-order chi connectivity index (χ0) is 18.7. The summed E-state index contributed by atoms with van der Waals surface area (Å²) < 4.78 is 0. The molecule has 3 rings (SSSR count). The van der Waals surface area contributed by atoms with Gasteiger partial charge in [-0.2, -0.15) is 0 Å². The molecule has 3 nitrogen and oxygen atoms in total. The van der Waals surface area contributed by atoms with Crippen LogP contribution in [-0.4, -0.2) is 35.1 Å². The minimum atomic E-state index is -0.583. The molecule has 2 aromatic carbocycles. The third-order valence-corrected chi connectivity index (χ3v) is 5.75. The summed E-state index contributed by atoms with van der Waals surface area (Å²) in [6, 6.07) is 13.4. The molecule has 4 heteroatoms. The molecule has 0 unspecified atom stereocenters. The number of halogens is 1. The molecule has 1 saturated carbocycles. The van der Waals surface area contributed by atoms with Gasteiger partial charge in [0.1, 0.15) is 0 Å². The molecule has 26 heavy (non-hydrogen) atoms. The van der Waals surface area contributed by atoms with Crippen molar-refractivity contribution in [1.82, 2.24) is 4.90 Å². The largest absolute Gasteiger partial charge is 0.390 e. The average molecular weight is 372 g/mol. The summed E-state index contributed by atoms with van der Waals surface area (Å²) in [5.74, 6) is -0.0194. The molecule has 1 N–H and O–H groups in total. The molecular weight excluding hydrogens is 346 g/mol. The molecule has 0 saturated heterocycles. The zero-order valence-electron chi connectivity index (χ0n) is 15.5. The number of hydrogen-bond acceptors (Lipinski definition) is 2. The van der Waals surface area contributed by atoms with Gasteiger partial charge in [0.2, 0.25) is 0 Å². The first kappa shape index (κ1) is 18.9. The maximum Gasteiger partial charge on any atom is 0.253 e. The standard InChI is InChI=1S/C22H26ClNO2/c1-16-6-5-7-19(23)20(16)17-8-10-18(11-9-17)21(25)24(2)15-14-22(26)12-3-4-13-22/h5-11,26H,3-4,12-15H2,1-2H3. The van der Waals surface area contributed by atoms with Crippen LogP contribution in [0.1, 0.15) is 48.0 Å². The van der Waals surface area contributed by atoms with E-state index in [2.05, 4.69) is 0 Å². The number of aliphatic hydroxyl groups is 1. The lowest BCUT2D eigenvalue weighted by atomic mass is 9.97. The van der Waals surface area contributed by atoms with Crippen molar-refractivity contribution in [2.75, 3.05) is 13.6 Å². The lowest BCUT2D eigenvalue weighted by Crippen LogP contribution is -2.34. The van der Waals surface area contributed by atoms with Gasteiger partial charge in [-0.15, -0.1) is 0 Å². The molecule has 0 atom stereocenters. The molecule has 1 amide bonds. The number of rotatable bonds is 5. The highest BCUT2D eigenvalue weighted by Gasteiger charge is 2.31. The van der Waals surface area contributed by atoms with Gasteiger partial charge < -0.3 is 10.0 Å². The Balaban J connectivity index is 1.68. The van der Waals surface area contributed by atoms with E-state index in [4.69, 9.17) is 11.6 Å². The summed E-state index contributed by atoms with van der Waals surface area (Å²) in [6.07, 6.45) is 4.50. The SMILES string of the molecule is Cc1cccc(Cl)c1-c1ccc(C(=O)N(C)CCC2(O)CCCC2)cc1. The number of benzene rings is 2. The van der Waals surface area contributed by atoms with Gasteiger partial charge in [0, 0.05) is 29.7 Å². The molecule has 0 radical (unpaired) electrons. The second-order valence-electron chi connectivity index (χ2n) is 7.42. The van der Waals surface area contributed by atoms with Gasteiger partial charge >= 0.3 is 0 Å². The summed E-state index contributed by atoms with van der Waals surface area (Å²) in [6.45, 7) is 2.60. The third-order valence-electron chi connectivity index (χ3n) is 5.44. The van der Waals surface area contributed by atoms with Crippen molar-refractivity contribution in [2.24, 2.45) is 0 Å². The number of aryl methyl sites for hydroxylation is 1. The van der Waals surface area contributed by atoms with Crippen LogP contribution < -0.4 is 0 Å². The molecule has 0 aromatic heterocycles. The molecule has 138 valence electrons. The Morgan fingerprint density at radius 3 is 2.42 bits per heavy atom. The Kier molecular flexibility index (Phi) is 5.69. The minimum Gasteiger partial charge on any atom is -0.390 e. The normalized spacial score (nSPS) is 15.8. The van der Waals surface area contributed by atoms with E-state index in [1.165, 1.54) is 0 Å². The van der Waals surface area contributed by atoms with Crippen molar-refractivity contribution in [2.45, 2.75) is 44.6 Å². The number of hydrogen-bond donors (Lipinski definition) is 1. The van der Waals surface area contributed by atoms with Crippen LogP contribution in [0.15, 0.2) is 42.5 Å². The quantitative estimate of drug-likeness (QED) is 0.795. The van der Waals surface area contributed by atoms with Crippen molar-refractivity contribution >= 4 is 17.5 Å². The molecule has 0 bridgehead atoms. The topological polar surface area (TPSA) is 40.5 Å². The van der Waals surface area contributed by atoms with Crippen LogP contribution in [0.5, 0.6) is 0 Å². The second kappa shape index (κ2) is 7.81. The molecule has 1 fully saturated rings. The van der Waals surface area contributed by atoms with E-state index in [9.17, 15) is 9.90 Å². The average Bonchev–Trinajstić information content (AvgIpc) is 3.06. The van der Waals surface area contributed by atoms with Crippen LogP contribution in [0.4, 0.5) is 0 Å². The lowest BCUT2D eigenvalue weighted by Gasteiger charge is -2.26. The Morgan fingerprint density at radius 1 is 1.15 bits per heavy atom. The fourth-order valence-electron chi connectivity index (χ4n) is 3.76. The molecule has 0 heterocycles. The molecule has 2 aromatic rings. The van der Waals surface area contributed by atoms with Crippen molar-refractivity contribution in [3.05, 3.63) is 58.6 Å². The third kappa shape index (κ3) is 4.11. The number of amides is 1. The lowest BCUT2D eigenvalue weighted by molar-refractivity contribution is 0.0296. The highest BCUT2D eigenvalue weighted by molar-refractivity contribution is 6.33. The molecule has 0 aliphatic heterocycles. The van der Waals surface area contributed by atoms with E-state index in [0.717, 1.165) is 42.4 Å². The maximum atomic E-state index is 12.7. The predicted octanol–water partition coefficient (Wildman–Crippen LogP) is 5.08.